The number of carbonyl (C=O) groups is 1. The number of benzene rings is 1. The van der Waals surface area contributed by atoms with Gasteiger partial charge in [0.05, 0.1) is 0 Å². The molecule has 2 rings (SSSR count). The third kappa shape index (κ3) is 4.43. The van der Waals surface area contributed by atoms with Crippen molar-refractivity contribution in [3.63, 3.8) is 0 Å². The number of ether oxygens (including phenoxy) is 1. The maximum Gasteiger partial charge on any atom is 0.490 e. The monoisotopic (exact) mass is 351 g/mol. The quantitative estimate of drug-likeness (QED) is 0.658. The van der Waals surface area contributed by atoms with Crippen LogP contribution in [-0.4, -0.2) is 30.2 Å². The Labute approximate surface area is 136 Å². The Balaban J connectivity index is 2.15. The fourth-order valence-corrected chi connectivity index (χ4v) is 2.80. The highest BCUT2D eigenvalue weighted by Gasteiger charge is 2.51. The second kappa shape index (κ2) is 7.04. The minimum absolute atomic E-state index is 0.0132. The maximum atomic E-state index is 14.2. The van der Waals surface area contributed by atoms with Crippen LogP contribution in [0.25, 0.3) is 0 Å². The van der Waals surface area contributed by atoms with Crippen LogP contribution in [0.4, 0.5) is 22.0 Å². The van der Waals surface area contributed by atoms with Crippen LogP contribution < -0.4 is 5.32 Å². The zero-order valence-electron chi connectivity index (χ0n) is 12.9. The summed E-state index contributed by atoms with van der Waals surface area (Å²) in [6.45, 7) is 1.63. The van der Waals surface area contributed by atoms with Crippen LogP contribution in [0.3, 0.4) is 0 Å². The van der Waals surface area contributed by atoms with Crippen LogP contribution in [0, 0.1) is 0 Å². The Morgan fingerprint density at radius 2 is 1.92 bits per heavy atom. The van der Waals surface area contributed by atoms with Gasteiger partial charge in [0, 0.05) is 12.5 Å². The van der Waals surface area contributed by atoms with E-state index in [1.807, 2.05) is 0 Å². The fraction of sp³-hybridized carbons (Fsp3) is 0.562. The molecule has 1 saturated carbocycles. The molecule has 8 heteroatoms. The molecule has 0 bridgehead atoms. The molecule has 1 N–H and O–H groups in total. The van der Waals surface area contributed by atoms with Crippen molar-refractivity contribution in [2.75, 3.05) is 0 Å². The van der Waals surface area contributed by atoms with E-state index in [9.17, 15) is 26.7 Å². The lowest BCUT2D eigenvalue weighted by atomic mass is 9.87. The first-order chi connectivity index (χ1) is 11.1. The number of hydrogen-bond acceptors (Lipinski definition) is 3. The number of hydrogen-bond donors (Lipinski definition) is 1. The number of halogens is 5. The Kier molecular flexibility index (Phi) is 5.47. The highest BCUT2D eigenvalue weighted by molar-refractivity contribution is 5.75. The van der Waals surface area contributed by atoms with Gasteiger partial charge < -0.3 is 4.74 Å². The Hall–Kier alpha value is -1.70. The average molecular weight is 351 g/mol. The lowest BCUT2D eigenvalue weighted by Crippen LogP contribution is -2.57. The van der Waals surface area contributed by atoms with Crippen LogP contribution in [0.5, 0.6) is 0 Å². The van der Waals surface area contributed by atoms with E-state index in [1.54, 1.807) is 37.3 Å². The summed E-state index contributed by atoms with van der Waals surface area (Å²) in [5, 5.41) is 2.64. The van der Waals surface area contributed by atoms with Crippen LogP contribution in [-0.2, 0) is 9.53 Å². The molecule has 0 spiro atoms. The van der Waals surface area contributed by atoms with Gasteiger partial charge in [-0.25, -0.2) is 13.6 Å². The van der Waals surface area contributed by atoms with Crippen LogP contribution in [0.15, 0.2) is 30.3 Å². The lowest BCUT2D eigenvalue weighted by molar-refractivity contribution is -0.214. The molecule has 1 fully saturated rings. The van der Waals surface area contributed by atoms with Crippen LogP contribution in [0.2, 0.25) is 0 Å². The third-order valence-corrected chi connectivity index (χ3v) is 4.04. The summed E-state index contributed by atoms with van der Waals surface area (Å²) >= 11 is 0. The predicted molar refractivity (Wildman–Crippen MR) is 76.5 cm³/mol. The molecule has 0 heterocycles. The zero-order valence-corrected chi connectivity index (χ0v) is 12.9. The summed E-state index contributed by atoms with van der Waals surface area (Å²) in [4.78, 5) is 11.0. The number of alkyl halides is 5. The summed E-state index contributed by atoms with van der Waals surface area (Å²) in [6, 6.07) is 6.45. The van der Waals surface area contributed by atoms with E-state index >= 15 is 0 Å². The molecule has 3 nitrogen and oxygen atoms in total. The number of esters is 1. The maximum absolute atomic E-state index is 14.2. The zero-order chi connectivity index (χ0) is 18.0. The van der Waals surface area contributed by atoms with E-state index in [1.165, 1.54) is 0 Å². The van der Waals surface area contributed by atoms with Gasteiger partial charge in [-0.2, -0.15) is 13.2 Å². The number of rotatable bonds is 4. The van der Waals surface area contributed by atoms with Gasteiger partial charge in [-0.05, 0) is 25.3 Å². The number of carbonyl (C=O) groups excluding carboxylic acids is 1. The summed E-state index contributed by atoms with van der Waals surface area (Å²) in [6.07, 6.45) is -7.26. The van der Waals surface area contributed by atoms with Gasteiger partial charge in [-0.15, -0.1) is 0 Å². The highest BCUT2D eigenvalue weighted by atomic mass is 19.4. The Bertz CT molecular complexity index is 561. The SMILES string of the molecule is C[C@@H](N[C@@H]1[C@@H](OC(=O)C(F)(F)F)CCCC1(F)F)c1ccccc1. The Morgan fingerprint density at radius 3 is 2.50 bits per heavy atom. The normalized spacial score (nSPS) is 25.1. The molecule has 0 unspecified atom stereocenters. The Morgan fingerprint density at radius 1 is 1.29 bits per heavy atom. The van der Waals surface area contributed by atoms with Gasteiger partial charge >= 0.3 is 12.1 Å². The average Bonchev–Trinajstić information content (AvgIpc) is 2.50. The van der Waals surface area contributed by atoms with Crippen LogP contribution in [0.1, 0.15) is 37.8 Å². The van der Waals surface area contributed by atoms with Gasteiger partial charge in [-0.3, -0.25) is 5.32 Å². The molecule has 24 heavy (non-hydrogen) atoms. The molecule has 0 amide bonds. The van der Waals surface area contributed by atoms with Crippen molar-refractivity contribution < 1.29 is 31.5 Å². The van der Waals surface area contributed by atoms with Crippen molar-refractivity contribution in [2.45, 2.75) is 56.5 Å². The summed E-state index contributed by atoms with van der Waals surface area (Å²) < 4.78 is 69.9. The first-order valence-electron chi connectivity index (χ1n) is 7.58. The largest absolute Gasteiger partial charge is 0.490 e. The van der Waals surface area contributed by atoms with Gasteiger partial charge in [0.1, 0.15) is 12.1 Å². The van der Waals surface area contributed by atoms with Crippen molar-refractivity contribution in [3.05, 3.63) is 35.9 Å². The first-order valence-corrected chi connectivity index (χ1v) is 7.58. The summed E-state index contributed by atoms with van der Waals surface area (Å²) in [7, 11) is 0. The lowest BCUT2D eigenvalue weighted by Gasteiger charge is -2.39. The molecule has 0 radical (unpaired) electrons. The highest BCUT2D eigenvalue weighted by Crippen LogP contribution is 2.37. The molecule has 1 aromatic carbocycles. The molecule has 134 valence electrons. The summed E-state index contributed by atoms with van der Waals surface area (Å²) in [5.74, 6) is -5.71. The predicted octanol–water partition coefficient (Wildman–Crippen LogP) is 4.00. The van der Waals surface area contributed by atoms with Gasteiger partial charge in [0.25, 0.3) is 5.92 Å². The van der Waals surface area contributed by atoms with Crippen LogP contribution >= 0.6 is 0 Å². The van der Waals surface area contributed by atoms with Gasteiger partial charge in [-0.1, -0.05) is 30.3 Å². The second-order valence-electron chi connectivity index (χ2n) is 5.87. The van der Waals surface area contributed by atoms with Crippen molar-refractivity contribution in [3.8, 4) is 0 Å². The molecular weight excluding hydrogens is 333 g/mol. The molecule has 0 aliphatic heterocycles. The fourth-order valence-electron chi connectivity index (χ4n) is 2.80. The molecule has 0 aromatic heterocycles. The molecule has 1 aromatic rings. The van der Waals surface area contributed by atoms with Crippen molar-refractivity contribution >= 4 is 5.97 Å². The molecule has 3 atom stereocenters. The number of nitrogens with one attached hydrogen (secondary N) is 1. The van der Waals surface area contributed by atoms with E-state index < -0.39 is 42.7 Å². The molecule has 0 saturated heterocycles. The smallest absolute Gasteiger partial charge is 0.454 e. The molecular formula is C16H18F5NO2. The molecule has 1 aliphatic rings. The summed E-state index contributed by atoms with van der Waals surface area (Å²) in [5.41, 5.74) is 0.708. The topological polar surface area (TPSA) is 38.3 Å². The standard InChI is InChI=1S/C16H18F5NO2/c1-10(11-6-3-2-4-7-11)22-13-12(8-5-9-15(13,17)18)24-14(23)16(19,20)21/h2-4,6-7,10,12-13,22H,5,8-9H2,1H3/t10-,12+,13-/m1/s1. The molecule has 1 aliphatic carbocycles. The van der Waals surface area contributed by atoms with E-state index in [0.717, 1.165) is 0 Å². The minimum Gasteiger partial charge on any atom is -0.454 e. The first kappa shape index (κ1) is 18.6. The van der Waals surface area contributed by atoms with Crippen molar-refractivity contribution in [2.24, 2.45) is 0 Å². The van der Waals surface area contributed by atoms with Crippen molar-refractivity contribution in [1.82, 2.24) is 5.32 Å². The van der Waals surface area contributed by atoms with E-state index in [-0.39, 0.29) is 12.8 Å². The van der Waals surface area contributed by atoms with Gasteiger partial charge in [0.2, 0.25) is 0 Å². The minimum atomic E-state index is -5.21. The van der Waals surface area contributed by atoms with E-state index in [2.05, 4.69) is 10.1 Å². The third-order valence-electron chi connectivity index (χ3n) is 4.04. The van der Waals surface area contributed by atoms with Gasteiger partial charge in [0.15, 0.2) is 0 Å². The van der Waals surface area contributed by atoms with E-state index in [0.29, 0.717) is 5.56 Å². The second-order valence-corrected chi connectivity index (χ2v) is 5.87. The van der Waals surface area contributed by atoms with Crippen molar-refractivity contribution in [1.29, 1.82) is 0 Å². The van der Waals surface area contributed by atoms with E-state index in [4.69, 9.17) is 0 Å².